The number of aryl methyl sites for hydroxylation is 3. The van der Waals surface area contributed by atoms with Gasteiger partial charge in [0.1, 0.15) is 0 Å². The monoisotopic (exact) mass is 391 g/mol. The largest absolute Gasteiger partial charge is 0.352 e. The molecule has 29 heavy (non-hydrogen) atoms. The van der Waals surface area contributed by atoms with Crippen molar-refractivity contribution in [2.75, 3.05) is 36.4 Å². The molecule has 1 saturated heterocycles. The summed E-state index contributed by atoms with van der Waals surface area (Å²) in [6.07, 6.45) is 1.87. The van der Waals surface area contributed by atoms with Gasteiger partial charge >= 0.3 is 6.03 Å². The minimum atomic E-state index is -0.0629. The lowest BCUT2D eigenvalue weighted by atomic mass is 10.1. The molecule has 0 saturated carbocycles. The Morgan fingerprint density at radius 1 is 0.931 bits per heavy atom. The van der Waals surface area contributed by atoms with Crippen molar-refractivity contribution < 1.29 is 4.79 Å². The highest BCUT2D eigenvalue weighted by Gasteiger charge is 2.22. The van der Waals surface area contributed by atoms with E-state index in [4.69, 9.17) is 0 Å². The second-order valence-electron chi connectivity index (χ2n) is 7.37. The van der Waals surface area contributed by atoms with Crippen molar-refractivity contribution in [2.45, 2.75) is 20.8 Å². The highest BCUT2D eigenvalue weighted by atomic mass is 16.2. The van der Waals surface area contributed by atoms with Gasteiger partial charge in [0.05, 0.1) is 5.69 Å². The number of hydrogen-bond acceptors (Lipinski definition) is 5. The van der Waals surface area contributed by atoms with Crippen LogP contribution in [0.5, 0.6) is 0 Å². The highest BCUT2D eigenvalue weighted by Crippen LogP contribution is 2.18. The number of benzene rings is 1. The van der Waals surface area contributed by atoms with Gasteiger partial charge in [-0.1, -0.05) is 17.7 Å². The van der Waals surface area contributed by atoms with Crippen LogP contribution in [0.25, 0.3) is 5.82 Å². The fourth-order valence-corrected chi connectivity index (χ4v) is 3.44. The van der Waals surface area contributed by atoms with Crippen molar-refractivity contribution >= 4 is 17.5 Å². The van der Waals surface area contributed by atoms with Crippen LogP contribution in [0.3, 0.4) is 0 Å². The first-order chi connectivity index (χ1) is 14.0. The van der Waals surface area contributed by atoms with Gasteiger partial charge in [0, 0.05) is 38.1 Å². The van der Waals surface area contributed by atoms with Gasteiger partial charge in [-0.25, -0.2) is 9.48 Å². The van der Waals surface area contributed by atoms with Gasteiger partial charge in [0.15, 0.2) is 11.6 Å². The molecule has 1 fully saturated rings. The average molecular weight is 391 g/mol. The van der Waals surface area contributed by atoms with Gasteiger partial charge in [0.25, 0.3) is 0 Å². The summed E-state index contributed by atoms with van der Waals surface area (Å²) in [6, 6.07) is 11.8. The Labute approximate surface area is 170 Å². The van der Waals surface area contributed by atoms with Crippen molar-refractivity contribution in [2.24, 2.45) is 0 Å². The highest BCUT2D eigenvalue weighted by molar-refractivity contribution is 5.90. The summed E-state index contributed by atoms with van der Waals surface area (Å²) in [4.78, 5) is 16.6. The molecular weight excluding hydrogens is 366 g/mol. The maximum Gasteiger partial charge on any atom is 0.321 e. The molecule has 150 valence electrons. The number of nitrogens with zero attached hydrogens (tertiary/aromatic N) is 6. The van der Waals surface area contributed by atoms with Crippen LogP contribution in [-0.2, 0) is 0 Å². The summed E-state index contributed by atoms with van der Waals surface area (Å²) in [6.45, 7) is 8.70. The Hall–Kier alpha value is -3.42. The first-order valence-electron chi connectivity index (χ1n) is 9.74. The molecule has 1 aromatic carbocycles. The van der Waals surface area contributed by atoms with E-state index < -0.39 is 0 Å². The lowest BCUT2D eigenvalue weighted by Gasteiger charge is -2.35. The number of amides is 2. The van der Waals surface area contributed by atoms with Gasteiger partial charge in [-0.15, -0.1) is 10.2 Å². The third-order valence-electron chi connectivity index (χ3n) is 5.11. The third kappa shape index (κ3) is 4.21. The van der Waals surface area contributed by atoms with Crippen LogP contribution in [0.15, 0.2) is 42.6 Å². The van der Waals surface area contributed by atoms with E-state index in [1.807, 2.05) is 62.2 Å². The van der Waals surface area contributed by atoms with E-state index in [0.717, 1.165) is 35.9 Å². The Morgan fingerprint density at radius 3 is 2.28 bits per heavy atom. The molecule has 0 unspecified atom stereocenters. The molecule has 1 N–H and O–H groups in total. The van der Waals surface area contributed by atoms with Crippen molar-refractivity contribution in [3.63, 3.8) is 0 Å². The summed E-state index contributed by atoms with van der Waals surface area (Å²) in [7, 11) is 0. The number of carbonyl (C=O) groups is 1. The molecule has 8 nitrogen and oxygen atoms in total. The summed E-state index contributed by atoms with van der Waals surface area (Å²) in [5.41, 5.74) is 4.05. The number of piperazine rings is 1. The van der Waals surface area contributed by atoms with Crippen LogP contribution in [0, 0.1) is 20.8 Å². The van der Waals surface area contributed by atoms with Gasteiger partial charge in [-0.3, -0.25) is 0 Å². The quantitative estimate of drug-likeness (QED) is 0.743. The molecule has 1 aliphatic rings. The summed E-state index contributed by atoms with van der Waals surface area (Å²) in [5.74, 6) is 1.50. The van der Waals surface area contributed by atoms with Crippen molar-refractivity contribution in [1.29, 1.82) is 0 Å². The van der Waals surface area contributed by atoms with Gasteiger partial charge in [0.2, 0.25) is 0 Å². The zero-order valence-electron chi connectivity index (χ0n) is 17.0. The molecule has 8 heteroatoms. The minimum absolute atomic E-state index is 0.0629. The second-order valence-corrected chi connectivity index (χ2v) is 7.37. The van der Waals surface area contributed by atoms with Crippen LogP contribution in [0.1, 0.15) is 16.8 Å². The van der Waals surface area contributed by atoms with E-state index >= 15 is 0 Å². The lowest BCUT2D eigenvalue weighted by Crippen LogP contribution is -2.50. The van der Waals surface area contributed by atoms with Crippen molar-refractivity contribution in [3.8, 4) is 5.82 Å². The van der Waals surface area contributed by atoms with Crippen molar-refractivity contribution in [1.82, 2.24) is 24.9 Å². The van der Waals surface area contributed by atoms with Crippen LogP contribution in [0.2, 0.25) is 0 Å². The van der Waals surface area contributed by atoms with E-state index in [1.165, 1.54) is 5.56 Å². The molecular formula is C21H25N7O. The Kier molecular flexibility index (Phi) is 5.16. The standard InChI is InChI=1S/C21H25N7O/c1-15-4-5-18(16(2)14-15)22-21(29)27-12-10-26(11-13-27)19-6-7-20(24-23-19)28-9-8-17(3)25-28/h4-9,14H,10-13H2,1-3H3,(H,22,29). The Balaban J connectivity index is 1.34. The van der Waals surface area contributed by atoms with Gasteiger partial charge in [-0.2, -0.15) is 5.10 Å². The van der Waals surface area contributed by atoms with E-state index in [-0.39, 0.29) is 6.03 Å². The third-order valence-corrected chi connectivity index (χ3v) is 5.11. The van der Waals surface area contributed by atoms with Gasteiger partial charge in [-0.05, 0) is 50.6 Å². The minimum Gasteiger partial charge on any atom is -0.352 e. The SMILES string of the molecule is Cc1ccc(NC(=O)N2CCN(c3ccc(-n4ccc(C)n4)nn3)CC2)c(C)c1. The number of aromatic nitrogens is 4. The molecule has 3 aromatic rings. The van der Waals surface area contributed by atoms with Crippen LogP contribution >= 0.6 is 0 Å². The summed E-state index contributed by atoms with van der Waals surface area (Å²) in [5, 5.41) is 16.0. The zero-order valence-corrected chi connectivity index (χ0v) is 17.0. The summed E-state index contributed by atoms with van der Waals surface area (Å²) >= 11 is 0. The molecule has 0 spiro atoms. The number of anilines is 2. The predicted molar refractivity (Wildman–Crippen MR) is 113 cm³/mol. The molecule has 0 aliphatic carbocycles. The lowest BCUT2D eigenvalue weighted by molar-refractivity contribution is 0.208. The number of nitrogens with one attached hydrogen (secondary N) is 1. The molecule has 4 rings (SSSR count). The molecule has 3 heterocycles. The average Bonchev–Trinajstić information content (AvgIpc) is 3.17. The fourth-order valence-electron chi connectivity index (χ4n) is 3.44. The molecule has 2 aromatic heterocycles. The number of hydrogen-bond donors (Lipinski definition) is 1. The number of carbonyl (C=O) groups excluding carboxylic acids is 1. The van der Waals surface area contributed by atoms with E-state index in [0.29, 0.717) is 18.9 Å². The molecule has 2 amide bonds. The number of urea groups is 1. The topological polar surface area (TPSA) is 79.2 Å². The van der Waals surface area contributed by atoms with Crippen LogP contribution < -0.4 is 10.2 Å². The number of rotatable bonds is 3. The maximum atomic E-state index is 12.6. The molecule has 0 radical (unpaired) electrons. The maximum absolute atomic E-state index is 12.6. The smallest absolute Gasteiger partial charge is 0.321 e. The Bertz CT molecular complexity index is 1000. The van der Waals surface area contributed by atoms with Crippen LogP contribution in [-0.4, -0.2) is 57.1 Å². The van der Waals surface area contributed by atoms with Crippen molar-refractivity contribution in [3.05, 3.63) is 59.4 Å². The molecule has 0 atom stereocenters. The molecule has 0 bridgehead atoms. The fraction of sp³-hybridized carbons (Fsp3) is 0.333. The zero-order chi connectivity index (χ0) is 20.4. The predicted octanol–water partition coefficient (Wildman–Crippen LogP) is 2.94. The first kappa shape index (κ1) is 18.9. The first-order valence-corrected chi connectivity index (χ1v) is 9.74. The van der Waals surface area contributed by atoms with E-state index in [2.05, 4.69) is 31.6 Å². The van der Waals surface area contributed by atoms with E-state index in [1.54, 1.807) is 4.68 Å². The summed E-state index contributed by atoms with van der Waals surface area (Å²) < 4.78 is 1.71. The second kappa shape index (κ2) is 7.90. The van der Waals surface area contributed by atoms with Crippen LogP contribution in [0.4, 0.5) is 16.3 Å². The Morgan fingerprint density at radius 2 is 1.66 bits per heavy atom. The van der Waals surface area contributed by atoms with E-state index in [9.17, 15) is 4.79 Å². The van der Waals surface area contributed by atoms with Gasteiger partial charge < -0.3 is 15.1 Å². The molecule has 1 aliphatic heterocycles. The normalized spacial score (nSPS) is 14.2.